The van der Waals surface area contributed by atoms with E-state index < -0.39 is 0 Å². The fraction of sp³-hybridized carbons (Fsp3) is 0.846. The fourth-order valence-corrected chi connectivity index (χ4v) is 2.90. The highest BCUT2D eigenvalue weighted by molar-refractivity contribution is 5.88. The minimum absolute atomic E-state index is 0.0571. The van der Waals surface area contributed by atoms with E-state index in [1.54, 1.807) is 0 Å². The molecule has 2 fully saturated rings. The molecule has 102 valence electrons. The van der Waals surface area contributed by atoms with Gasteiger partial charge in [-0.25, -0.2) is 0 Å². The molecule has 1 aliphatic heterocycles. The molecule has 0 aromatic carbocycles. The van der Waals surface area contributed by atoms with E-state index >= 15 is 0 Å². The Hall–Kier alpha value is -1.10. The van der Waals surface area contributed by atoms with E-state index in [1.165, 1.54) is 0 Å². The molecule has 1 aliphatic carbocycles. The maximum absolute atomic E-state index is 12.0. The molecule has 5 nitrogen and oxygen atoms in total. The summed E-state index contributed by atoms with van der Waals surface area (Å²) in [6, 6.07) is -0.370. The van der Waals surface area contributed by atoms with E-state index in [9.17, 15) is 9.59 Å². The van der Waals surface area contributed by atoms with Gasteiger partial charge in [-0.1, -0.05) is 12.8 Å². The Kier molecular flexibility index (Phi) is 4.22. The van der Waals surface area contributed by atoms with Crippen LogP contribution in [0.3, 0.4) is 0 Å². The summed E-state index contributed by atoms with van der Waals surface area (Å²) in [5.74, 6) is -0.139. The van der Waals surface area contributed by atoms with E-state index in [-0.39, 0.29) is 23.4 Å². The van der Waals surface area contributed by atoms with Crippen molar-refractivity contribution >= 4 is 11.8 Å². The van der Waals surface area contributed by atoms with E-state index in [0.717, 1.165) is 44.9 Å². The van der Waals surface area contributed by atoms with Gasteiger partial charge in [0.15, 0.2) is 0 Å². The minimum atomic E-state index is -0.370. The molecule has 2 aliphatic rings. The summed E-state index contributed by atoms with van der Waals surface area (Å²) in [5, 5.41) is 5.65. The lowest BCUT2D eigenvalue weighted by Crippen LogP contribution is -2.49. The summed E-state index contributed by atoms with van der Waals surface area (Å²) in [6.07, 6.45) is 7.07. The second kappa shape index (κ2) is 5.69. The monoisotopic (exact) mass is 253 g/mol. The van der Waals surface area contributed by atoms with Gasteiger partial charge in [0.25, 0.3) is 0 Å². The quantitative estimate of drug-likeness (QED) is 0.682. The van der Waals surface area contributed by atoms with Crippen molar-refractivity contribution in [2.75, 3.05) is 6.54 Å². The van der Waals surface area contributed by atoms with Crippen LogP contribution in [0.15, 0.2) is 0 Å². The van der Waals surface area contributed by atoms with Crippen LogP contribution in [0.25, 0.3) is 0 Å². The highest BCUT2D eigenvalue weighted by Crippen LogP contribution is 2.29. The van der Waals surface area contributed by atoms with Crippen LogP contribution in [0, 0.1) is 0 Å². The van der Waals surface area contributed by atoms with Crippen LogP contribution in [0.4, 0.5) is 0 Å². The lowest BCUT2D eigenvalue weighted by atomic mass is 9.94. The summed E-state index contributed by atoms with van der Waals surface area (Å²) in [5.41, 5.74) is 5.83. The lowest BCUT2D eigenvalue weighted by Gasteiger charge is -2.24. The Morgan fingerprint density at radius 3 is 2.78 bits per heavy atom. The van der Waals surface area contributed by atoms with Crippen LogP contribution in [0.5, 0.6) is 0 Å². The number of hydrogen-bond acceptors (Lipinski definition) is 3. The Morgan fingerprint density at radius 2 is 2.06 bits per heavy atom. The lowest BCUT2D eigenvalue weighted by molar-refractivity contribution is -0.129. The van der Waals surface area contributed by atoms with Gasteiger partial charge in [0.1, 0.15) is 6.04 Å². The van der Waals surface area contributed by atoms with E-state index in [2.05, 4.69) is 10.6 Å². The van der Waals surface area contributed by atoms with Gasteiger partial charge < -0.3 is 16.4 Å². The molecule has 0 bridgehead atoms. The predicted molar refractivity (Wildman–Crippen MR) is 68.8 cm³/mol. The zero-order valence-electron chi connectivity index (χ0n) is 10.8. The molecule has 0 aromatic heterocycles. The summed E-state index contributed by atoms with van der Waals surface area (Å²) in [7, 11) is 0. The topological polar surface area (TPSA) is 84.2 Å². The molecule has 0 spiro atoms. The molecular formula is C13H23N3O2. The summed E-state index contributed by atoms with van der Waals surface area (Å²) in [6.45, 7) is 0.714. The van der Waals surface area contributed by atoms with Crippen LogP contribution in [0.2, 0.25) is 0 Å². The Labute approximate surface area is 108 Å². The zero-order valence-corrected chi connectivity index (χ0v) is 10.8. The molecule has 5 heteroatoms. The second-order valence-corrected chi connectivity index (χ2v) is 5.65. The van der Waals surface area contributed by atoms with Crippen LogP contribution in [-0.4, -0.2) is 29.9 Å². The third-order valence-electron chi connectivity index (χ3n) is 3.98. The number of hydrogen-bond donors (Lipinski definition) is 3. The van der Waals surface area contributed by atoms with Crippen molar-refractivity contribution in [1.82, 2.24) is 10.6 Å². The number of carbonyl (C=O) groups is 2. The van der Waals surface area contributed by atoms with Gasteiger partial charge in [0.05, 0.1) is 0 Å². The van der Waals surface area contributed by atoms with E-state index in [4.69, 9.17) is 5.73 Å². The number of nitrogens with two attached hydrogens (primary N) is 1. The van der Waals surface area contributed by atoms with Crippen molar-refractivity contribution in [3.8, 4) is 0 Å². The van der Waals surface area contributed by atoms with Crippen molar-refractivity contribution in [1.29, 1.82) is 0 Å². The molecule has 4 N–H and O–H groups in total. The SMILES string of the molecule is NC1(CC(=O)NC2CCCCNC2=O)CCCC1. The van der Waals surface area contributed by atoms with Crippen molar-refractivity contribution in [2.45, 2.75) is 62.9 Å². The smallest absolute Gasteiger partial charge is 0.242 e. The van der Waals surface area contributed by atoms with Crippen molar-refractivity contribution in [2.24, 2.45) is 5.73 Å². The third-order valence-corrected chi connectivity index (χ3v) is 3.98. The first-order valence-electron chi connectivity index (χ1n) is 6.95. The van der Waals surface area contributed by atoms with Crippen molar-refractivity contribution in [3.05, 3.63) is 0 Å². The van der Waals surface area contributed by atoms with Gasteiger partial charge >= 0.3 is 0 Å². The Bertz CT molecular complexity index is 324. The highest BCUT2D eigenvalue weighted by Gasteiger charge is 2.33. The van der Waals surface area contributed by atoms with Crippen LogP contribution >= 0.6 is 0 Å². The van der Waals surface area contributed by atoms with Crippen LogP contribution < -0.4 is 16.4 Å². The molecule has 0 aromatic rings. The fourth-order valence-electron chi connectivity index (χ4n) is 2.90. The van der Waals surface area contributed by atoms with Gasteiger partial charge in [-0.05, 0) is 32.1 Å². The largest absolute Gasteiger partial charge is 0.354 e. The van der Waals surface area contributed by atoms with Gasteiger partial charge in [-0.3, -0.25) is 9.59 Å². The van der Waals surface area contributed by atoms with Crippen molar-refractivity contribution < 1.29 is 9.59 Å². The van der Waals surface area contributed by atoms with Gasteiger partial charge in [0.2, 0.25) is 11.8 Å². The maximum atomic E-state index is 12.0. The van der Waals surface area contributed by atoms with Crippen LogP contribution in [0.1, 0.15) is 51.4 Å². The minimum Gasteiger partial charge on any atom is -0.354 e. The summed E-state index contributed by atoms with van der Waals surface area (Å²) in [4.78, 5) is 23.7. The predicted octanol–water partition coefficient (Wildman–Crippen LogP) is 0.433. The molecule has 18 heavy (non-hydrogen) atoms. The summed E-state index contributed by atoms with van der Waals surface area (Å²) >= 11 is 0. The van der Waals surface area contributed by atoms with Gasteiger partial charge in [-0.15, -0.1) is 0 Å². The zero-order chi connectivity index (χ0) is 13.0. The molecule has 0 radical (unpaired) electrons. The second-order valence-electron chi connectivity index (χ2n) is 5.65. The molecule has 1 heterocycles. The number of nitrogens with one attached hydrogen (secondary N) is 2. The first-order valence-corrected chi connectivity index (χ1v) is 6.95. The van der Waals surface area contributed by atoms with Crippen molar-refractivity contribution in [3.63, 3.8) is 0 Å². The van der Waals surface area contributed by atoms with Gasteiger partial charge in [0, 0.05) is 18.5 Å². The molecule has 1 saturated carbocycles. The first-order chi connectivity index (χ1) is 8.59. The number of amides is 2. The Balaban J connectivity index is 1.84. The Morgan fingerprint density at radius 1 is 1.33 bits per heavy atom. The van der Waals surface area contributed by atoms with Gasteiger partial charge in [-0.2, -0.15) is 0 Å². The molecule has 1 atom stereocenters. The highest BCUT2D eigenvalue weighted by atomic mass is 16.2. The molecule has 2 rings (SSSR count). The van der Waals surface area contributed by atoms with E-state index in [1.807, 2.05) is 0 Å². The molecular weight excluding hydrogens is 230 g/mol. The summed E-state index contributed by atoms with van der Waals surface area (Å²) < 4.78 is 0. The van der Waals surface area contributed by atoms with E-state index in [0.29, 0.717) is 13.0 Å². The molecule has 1 saturated heterocycles. The average Bonchev–Trinajstić information content (AvgIpc) is 2.63. The molecule has 2 amide bonds. The third kappa shape index (κ3) is 3.45. The first kappa shape index (κ1) is 13.3. The van der Waals surface area contributed by atoms with Crippen LogP contribution in [-0.2, 0) is 9.59 Å². The normalized spacial score (nSPS) is 27.4. The number of carbonyl (C=O) groups excluding carboxylic acids is 2. The maximum Gasteiger partial charge on any atom is 0.242 e. The number of rotatable bonds is 3. The standard InChI is InChI=1S/C13H23N3O2/c14-13(6-2-3-7-13)9-11(17)16-10-5-1-4-8-15-12(10)18/h10H,1-9,14H2,(H,15,18)(H,16,17). The average molecular weight is 253 g/mol. The molecule has 1 unspecified atom stereocenters.